The molecule has 6 nitrogen and oxygen atoms in total. The highest BCUT2D eigenvalue weighted by molar-refractivity contribution is 5.76. The van der Waals surface area contributed by atoms with Crippen LogP contribution >= 0.6 is 0 Å². The number of carbonyl (C=O) groups excluding carboxylic acids is 1. The second-order valence-electron chi connectivity index (χ2n) is 6.79. The summed E-state index contributed by atoms with van der Waals surface area (Å²) in [5.74, 6) is 2.08. The number of aryl methyl sites for hydroxylation is 2. The first-order valence-electron chi connectivity index (χ1n) is 9.07. The smallest absolute Gasteiger partial charge is 0.224 e. The van der Waals surface area contributed by atoms with E-state index < -0.39 is 0 Å². The zero-order chi connectivity index (χ0) is 16.9. The maximum atomic E-state index is 12.1. The highest BCUT2D eigenvalue weighted by atomic mass is 16.5. The molecule has 1 aliphatic heterocycles. The number of amides is 1. The Morgan fingerprint density at radius 1 is 1.25 bits per heavy atom. The molecule has 0 atom stereocenters. The number of anilines is 1. The number of rotatable bonds is 5. The summed E-state index contributed by atoms with van der Waals surface area (Å²) in [6, 6.07) is 0.386. The van der Waals surface area contributed by atoms with Crippen LogP contribution in [0.3, 0.4) is 0 Å². The van der Waals surface area contributed by atoms with Gasteiger partial charge < -0.3 is 15.0 Å². The summed E-state index contributed by atoms with van der Waals surface area (Å²) in [4.78, 5) is 23.3. The number of fused-ring (bicyclic) bond motifs is 1. The van der Waals surface area contributed by atoms with Crippen LogP contribution in [0, 0.1) is 6.92 Å². The van der Waals surface area contributed by atoms with Crippen molar-refractivity contribution < 1.29 is 9.53 Å². The van der Waals surface area contributed by atoms with E-state index in [0.717, 1.165) is 50.4 Å². The molecule has 0 saturated carbocycles. The Balaban J connectivity index is 1.59. The Bertz CT molecular complexity index is 583. The third-order valence-electron chi connectivity index (χ3n) is 5.00. The number of piperidine rings is 1. The maximum Gasteiger partial charge on any atom is 0.224 e. The fourth-order valence-electron chi connectivity index (χ4n) is 3.65. The molecule has 24 heavy (non-hydrogen) atoms. The molecule has 0 spiro atoms. The summed E-state index contributed by atoms with van der Waals surface area (Å²) >= 11 is 0. The molecule has 1 aromatic heterocycles. The van der Waals surface area contributed by atoms with Crippen LogP contribution in [0.15, 0.2) is 0 Å². The molecule has 2 aliphatic rings. The predicted molar refractivity (Wildman–Crippen MR) is 93.1 cm³/mol. The molecule has 132 valence electrons. The highest BCUT2D eigenvalue weighted by Gasteiger charge is 2.24. The second kappa shape index (κ2) is 7.92. The topological polar surface area (TPSA) is 67.3 Å². The average Bonchev–Trinajstić information content (AvgIpc) is 2.60. The van der Waals surface area contributed by atoms with Gasteiger partial charge >= 0.3 is 0 Å². The quantitative estimate of drug-likeness (QED) is 0.894. The van der Waals surface area contributed by atoms with Crippen LogP contribution in [-0.4, -0.2) is 53.6 Å². The first-order valence-corrected chi connectivity index (χ1v) is 9.07. The Morgan fingerprint density at radius 2 is 2.00 bits per heavy atom. The number of aromatic nitrogens is 2. The fourth-order valence-corrected chi connectivity index (χ4v) is 3.65. The third kappa shape index (κ3) is 4.04. The van der Waals surface area contributed by atoms with Gasteiger partial charge in [-0.3, -0.25) is 4.79 Å². The van der Waals surface area contributed by atoms with Crippen LogP contribution in [0.1, 0.15) is 49.2 Å². The zero-order valence-electron chi connectivity index (χ0n) is 14.8. The van der Waals surface area contributed by atoms with Gasteiger partial charge in [0.2, 0.25) is 5.91 Å². The molecule has 1 amide bonds. The molecule has 0 unspecified atom stereocenters. The lowest BCUT2D eigenvalue weighted by atomic mass is 9.95. The van der Waals surface area contributed by atoms with E-state index in [1.807, 2.05) is 11.8 Å². The number of hydrogen-bond donors (Lipinski definition) is 1. The molecule has 6 heteroatoms. The summed E-state index contributed by atoms with van der Waals surface area (Å²) in [6.45, 7) is 4.10. The second-order valence-corrected chi connectivity index (χ2v) is 6.79. The van der Waals surface area contributed by atoms with E-state index in [2.05, 4.69) is 15.3 Å². The third-order valence-corrected chi connectivity index (χ3v) is 5.00. The molecular formula is C18H28N4O2. The van der Waals surface area contributed by atoms with Gasteiger partial charge in [-0.2, -0.15) is 0 Å². The van der Waals surface area contributed by atoms with Crippen molar-refractivity contribution in [1.82, 2.24) is 14.9 Å². The zero-order valence-corrected chi connectivity index (χ0v) is 14.8. The first kappa shape index (κ1) is 17.1. The monoisotopic (exact) mass is 332 g/mol. The molecule has 0 bridgehead atoms. The molecule has 2 heterocycles. The Morgan fingerprint density at radius 3 is 2.75 bits per heavy atom. The van der Waals surface area contributed by atoms with Crippen molar-refractivity contribution in [2.75, 3.05) is 32.1 Å². The number of methoxy groups -OCH3 is 1. The number of likely N-dealkylation sites (tertiary alicyclic amines) is 1. The van der Waals surface area contributed by atoms with E-state index in [4.69, 9.17) is 4.74 Å². The van der Waals surface area contributed by atoms with Gasteiger partial charge in [0.25, 0.3) is 0 Å². The van der Waals surface area contributed by atoms with Crippen molar-refractivity contribution in [3.05, 3.63) is 17.1 Å². The fraction of sp³-hybridized carbons (Fsp3) is 0.722. The minimum Gasteiger partial charge on any atom is -0.384 e. The Labute approximate surface area is 144 Å². The lowest BCUT2D eigenvalue weighted by Crippen LogP contribution is -2.42. The SMILES string of the molecule is COCCC(=O)N1CCC(Nc2nc(C)nc3c2CCCC3)CC1. The predicted octanol–water partition coefficient (Wildman–Crippen LogP) is 2.10. The summed E-state index contributed by atoms with van der Waals surface area (Å²) < 4.78 is 4.99. The summed E-state index contributed by atoms with van der Waals surface area (Å²) in [5.41, 5.74) is 2.54. The molecule has 3 rings (SSSR count). The summed E-state index contributed by atoms with van der Waals surface area (Å²) in [5, 5.41) is 3.64. The normalized spacial score (nSPS) is 18.3. The number of carbonyl (C=O) groups is 1. The summed E-state index contributed by atoms with van der Waals surface area (Å²) in [6.07, 6.45) is 7.01. The number of hydrogen-bond acceptors (Lipinski definition) is 5. The van der Waals surface area contributed by atoms with Gasteiger partial charge in [0, 0.05) is 37.5 Å². The average molecular weight is 332 g/mol. The molecule has 1 aliphatic carbocycles. The molecule has 0 radical (unpaired) electrons. The lowest BCUT2D eigenvalue weighted by Gasteiger charge is -2.33. The van der Waals surface area contributed by atoms with Gasteiger partial charge in [0.1, 0.15) is 11.6 Å². The van der Waals surface area contributed by atoms with E-state index in [9.17, 15) is 4.79 Å². The van der Waals surface area contributed by atoms with E-state index in [0.29, 0.717) is 19.1 Å². The summed E-state index contributed by atoms with van der Waals surface area (Å²) in [7, 11) is 1.63. The van der Waals surface area contributed by atoms with Crippen molar-refractivity contribution in [2.45, 2.75) is 57.9 Å². The first-order chi connectivity index (χ1) is 11.7. The maximum absolute atomic E-state index is 12.1. The van der Waals surface area contributed by atoms with Crippen molar-refractivity contribution >= 4 is 11.7 Å². The Kier molecular flexibility index (Phi) is 5.66. The van der Waals surface area contributed by atoms with Crippen molar-refractivity contribution in [2.24, 2.45) is 0 Å². The van der Waals surface area contributed by atoms with Crippen LogP contribution in [0.2, 0.25) is 0 Å². The molecule has 1 N–H and O–H groups in total. The van der Waals surface area contributed by atoms with Crippen LogP contribution < -0.4 is 5.32 Å². The molecular weight excluding hydrogens is 304 g/mol. The van der Waals surface area contributed by atoms with Gasteiger partial charge in [-0.15, -0.1) is 0 Å². The van der Waals surface area contributed by atoms with Gasteiger partial charge in [0.05, 0.1) is 13.0 Å². The molecule has 0 aromatic carbocycles. The van der Waals surface area contributed by atoms with Crippen LogP contribution in [-0.2, 0) is 22.4 Å². The van der Waals surface area contributed by atoms with E-state index in [1.54, 1.807) is 7.11 Å². The van der Waals surface area contributed by atoms with E-state index in [-0.39, 0.29) is 5.91 Å². The van der Waals surface area contributed by atoms with Crippen LogP contribution in [0.25, 0.3) is 0 Å². The van der Waals surface area contributed by atoms with Crippen LogP contribution in [0.5, 0.6) is 0 Å². The van der Waals surface area contributed by atoms with Crippen molar-refractivity contribution in [3.63, 3.8) is 0 Å². The van der Waals surface area contributed by atoms with Gasteiger partial charge in [-0.1, -0.05) is 0 Å². The molecule has 1 aromatic rings. The molecule has 1 saturated heterocycles. The van der Waals surface area contributed by atoms with Gasteiger partial charge in [-0.25, -0.2) is 9.97 Å². The van der Waals surface area contributed by atoms with Crippen molar-refractivity contribution in [1.29, 1.82) is 0 Å². The van der Waals surface area contributed by atoms with Gasteiger partial charge in [0.15, 0.2) is 0 Å². The Hall–Kier alpha value is -1.69. The minimum atomic E-state index is 0.200. The largest absolute Gasteiger partial charge is 0.384 e. The standard InChI is InChI=1S/C18H28N4O2/c1-13-19-16-6-4-3-5-15(16)18(20-13)21-14-7-10-22(11-8-14)17(23)9-12-24-2/h14H,3-12H2,1-2H3,(H,19,20,21). The van der Waals surface area contributed by atoms with Crippen LogP contribution in [0.4, 0.5) is 5.82 Å². The number of nitrogens with zero attached hydrogens (tertiary/aromatic N) is 3. The number of ether oxygens (including phenoxy) is 1. The number of nitrogens with one attached hydrogen (secondary N) is 1. The molecule has 1 fully saturated rings. The highest BCUT2D eigenvalue weighted by Crippen LogP contribution is 2.27. The minimum absolute atomic E-state index is 0.200. The lowest BCUT2D eigenvalue weighted by molar-refractivity contribution is -0.133. The van der Waals surface area contributed by atoms with Gasteiger partial charge in [-0.05, 0) is 45.4 Å². The van der Waals surface area contributed by atoms with E-state index in [1.165, 1.54) is 24.1 Å². The van der Waals surface area contributed by atoms with E-state index >= 15 is 0 Å². The van der Waals surface area contributed by atoms with Crippen molar-refractivity contribution in [3.8, 4) is 0 Å².